The van der Waals surface area contributed by atoms with E-state index in [0.29, 0.717) is 12.1 Å². The summed E-state index contributed by atoms with van der Waals surface area (Å²) in [6.45, 7) is 5.35. The van der Waals surface area contributed by atoms with Gasteiger partial charge in [0.05, 0.1) is 4.88 Å². The van der Waals surface area contributed by atoms with E-state index in [-0.39, 0.29) is 5.91 Å². The van der Waals surface area contributed by atoms with E-state index in [1.165, 1.54) is 30.6 Å². The van der Waals surface area contributed by atoms with Crippen LogP contribution in [0, 0.1) is 0 Å². The molecule has 1 aromatic heterocycles. The molecule has 4 nitrogen and oxygen atoms in total. The minimum absolute atomic E-state index is 0.181. The highest BCUT2D eigenvalue weighted by Gasteiger charge is 2.30. The lowest BCUT2D eigenvalue weighted by Crippen LogP contribution is -2.35. The third kappa shape index (κ3) is 2.58. The normalized spacial score (nSPS) is 24.4. The van der Waals surface area contributed by atoms with Crippen molar-refractivity contribution in [3.8, 4) is 0 Å². The summed E-state index contributed by atoms with van der Waals surface area (Å²) in [7, 11) is 0. The molecule has 0 bridgehead atoms. The molecule has 100 valence electrons. The number of nitrogen functional groups attached to an aromatic ring is 1. The molecule has 1 aromatic rings. The van der Waals surface area contributed by atoms with Crippen LogP contribution < -0.4 is 11.3 Å². The molecular weight excluding hydrogens is 246 g/mol. The Morgan fingerprint density at radius 2 is 2.39 bits per heavy atom. The average Bonchev–Trinajstić information content (AvgIpc) is 2.97. The van der Waals surface area contributed by atoms with E-state index >= 15 is 0 Å². The molecule has 0 spiro atoms. The number of hydrazine groups is 1. The molecule has 2 rings (SSSR count). The highest BCUT2D eigenvalue weighted by Crippen LogP contribution is 2.29. The average molecular weight is 267 g/mol. The van der Waals surface area contributed by atoms with Crippen molar-refractivity contribution in [2.45, 2.75) is 51.7 Å². The Labute approximate surface area is 112 Å². The van der Waals surface area contributed by atoms with E-state index in [0.717, 1.165) is 17.0 Å². The molecular formula is C13H21N3OS. The number of rotatable bonds is 4. The summed E-state index contributed by atoms with van der Waals surface area (Å²) in [5.74, 6) is 5.03. The van der Waals surface area contributed by atoms with Crippen LogP contribution in [0.15, 0.2) is 11.4 Å². The number of carbonyl (C=O) groups excluding carboxylic acids is 1. The van der Waals surface area contributed by atoms with Gasteiger partial charge in [-0.2, -0.15) is 0 Å². The smallest absolute Gasteiger partial charge is 0.275 e. The summed E-state index contributed by atoms with van der Waals surface area (Å²) in [4.78, 5) is 14.9. The Bertz CT molecular complexity index is 418. The van der Waals surface area contributed by atoms with Crippen molar-refractivity contribution >= 4 is 17.2 Å². The molecule has 2 atom stereocenters. The number of hydrogen-bond donors (Lipinski definition) is 2. The molecule has 1 amide bonds. The zero-order chi connectivity index (χ0) is 13.1. The van der Waals surface area contributed by atoms with Crippen LogP contribution in [0.2, 0.25) is 0 Å². The molecule has 18 heavy (non-hydrogen) atoms. The quantitative estimate of drug-likeness (QED) is 0.499. The van der Waals surface area contributed by atoms with Crippen LogP contribution >= 0.6 is 11.3 Å². The summed E-state index contributed by atoms with van der Waals surface area (Å²) < 4.78 is 0. The van der Waals surface area contributed by atoms with Crippen molar-refractivity contribution in [3.05, 3.63) is 21.9 Å². The van der Waals surface area contributed by atoms with Crippen LogP contribution in [-0.4, -0.2) is 22.9 Å². The van der Waals surface area contributed by atoms with Gasteiger partial charge in [-0.15, -0.1) is 11.3 Å². The van der Waals surface area contributed by atoms with Crippen molar-refractivity contribution in [1.82, 2.24) is 10.3 Å². The maximum Gasteiger partial charge on any atom is 0.275 e. The van der Waals surface area contributed by atoms with Gasteiger partial charge in [0.2, 0.25) is 0 Å². The van der Waals surface area contributed by atoms with Crippen LogP contribution in [0.4, 0.5) is 0 Å². The van der Waals surface area contributed by atoms with E-state index < -0.39 is 0 Å². The molecule has 0 saturated carbocycles. The fourth-order valence-corrected chi connectivity index (χ4v) is 3.59. The van der Waals surface area contributed by atoms with Crippen LogP contribution in [0.1, 0.15) is 48.3 Å². The number of thiophene rings is 1. The predicted molar refractivity (Wildman–Crippen MR) is 74.3 cm³/mol. The predicted octanol–water partition coefficient (Wildman–Crippen LogP) is 2.11. The third-order valence-electron chi connectivity index (χ3n) is 3.86. The molecule has 0 aromatic carbocycles. The molecule has 3 N–H and O–H groups in total. The molecule has 1 fully saturated rings. The lowest BCUT2D eigenvalue weighted by molar-refractivity contribution is 0.0954. The lowest BCUT2D eigenvalue weighted by Gasteiger charge is -2.27. The zero-order valence-corrected chi connectivity index (χ0v) is 11.8. The highest BCUT2D eigenvalue weighted by atomic mass is 32.1. The van der Waals surface area contributed by atoms with Crippen molar-refractivity contribution in [2.75, 3.05) is 0 Å². The van der Waals surface area contributed by atoms with Crippen molar-refractivity contribution in [1.29, 1.82) is 0 Å². The Kier molecular flexibility index (Phi) is 4.37. The number of likely N-dealkylation sites (tertiary alicyclic amines) is 1. The van der Waals surface area contributed by atoms with Gasteiger partial charge in [0.1, 0.15) is 0 Å². The van der Waals surface area contributed by atoms with Crippen LogP contribution in [-0.2, 0) is 6.54 Å². The molecule has 2 unspecified atom stereocenters. The van der Waals surface area contributed by atoms with Gasteiger partial charge in [0, 0.05) is 18.6 Å². The van der Waals surface area contributed by atoms with Gasteiger partial charge in [0.25, 0.3) is 5.91 Å². The summed E-state index contributed by atoms with van der Waals surface area (Å²) in [5.41, 5.74) is 3.31. The van der Waals surface area contributed by atoms with Gasteiger partial charge in [-0.05, 0) is 43.2 Å². The fraction of sp³-hybridized carbons (Fsp3) is 0.615. The standard InChI is InChI=1S/C13H21N3OS/c1-3-11-5-4-9(2)16(11)8-10-6-7-18-12(10)13(17)15-14/h6-7,9,11H,3-5,8,14H2,1-2H3,(H,15,17). The fourth-order valence-electron chi connectivity index (χ4n) is 2.77. The summed E-state index contributed by atoms with van der Waals surface area (Å²) >= 11 is 1.46. The number of hydrogen-bond acceptors (Lipinski definition) is 4. The Balaban J connectivity index is 2.13. The molecule has 0 aliphatic carbocycles. The first kappa shape index (κ1) is 13.5. The second-order valence-corrected chi connectivity index (χ2v) is 5.83. The van der Waals surface area contributed by atoms with Gasteiger partial charge in [-0.3, -0.25) is 15.1 Å². The minimum atomic E-state index is -0.181. The van der Waals surface area contributed by atoms with Gasteiger partial charge in [-0.1, -0.05) is 6.92 Å². The number of carbonyl (C=O) groups is 1. The second kappa shape index (κ2) is 5.82. The van der Waals surface area contributed by atoms with Crippen LogP contribution in [0.5, 0.6) is 0 Å². The van der Waals surface area contributed by atoms with E-state index in [1.807, 2.05) is 11.4 Å². The van der Waals surface area contributed by atoms with E-state index in [1.54, 1.807) is 0 Å². The third-order valence-corrected chi connectivity index (χ3v) is 4.82. The topological polar surface area (TPSA) is 58.4 Å². The number of nitrogens with two attached hydrogens (primary N) is 1. The van der Waals surface area contributed by atoms with Crippen molar-refractivity contribution in [3.63, 3.8) is 0 Å². The molecule has 0 radical (unpaired) electrons. The summed E-state index contributed by atoms with van der Waals surface area (Å²) in [6.07, 6.45) is 3.69. The van der Waals surface area contributed by atoms with Gasteiger partial charge in [0.15, 0.2) is 0 Å². The maximum absolute atomic E-state index is 11.7. The molecule has 1 aliphatic rings. The maximum atomic E-state index is 11.7. The largest absolute Gasteiger partial charge is 0.293 e. The molecule has 1 saturated heterocycles. The number of amides is 1. The van der Waals surface area contributed by atoms with Crippen molar-refractivity contribution < 1.29 is 4.79 Å². The number of nitrogens with zero attached hydrogens (tertiary/aromatic N) is 1. The molecule has 1 aliphatic heterocycles. The minimum Gasteiger partial charge on any atom is -0.293 e. The number of nitrogens with one attached hydrogen (secondary N) is 1. The second-order valence-electron chi connectivity index (χ2n) is 4.91. The zero-order valence-electron chi connectivity index (χ0n) is 11.0. The first-order valence-corrected chi connectivity index (χ1v) is 7.38. The molecule has 2 heterocycles. The van der Waals surface area contributed by atoms with Gasteiger partial charge < -0.3 is 0 Å². The first-order chi connectivity index (χ1) is 8.67. The van der Waals surface area contributed by atoms with Gasteiger partial charge in [-0.25, -0.2) is 5.84 Å². The van der Waals surface area contributed by atoms with Gasteiger partial charge >= 0.3 is 0 Å². The SMILES string of the molecule is CCC1CCC(C)N1Cc1ccsc1C(=O)NN. The monoisotopic (exact) mass is 267 g/mol. The Morgan fingerprint density at radius 1 is 1.61 bits per heavy atom. The summed E-state index contributed by atoms with van der Waals surface area (Å²) in [6, 6.07) is 3.28. The van der Waals surface area contributed by atoms with Crippen molar-refractivity contribution in [2.24, 2.45) is 5.84 Å². The molecule has 5 heteroatoms. The highest BCUT2D eigenvalue weighted by molar-refractivity contribution is 7.12. The van der Waals surface area contributed by atoms with Crippen LogP contribution in [0.3, 0.4) is 0 Å². The van der Waals surface area contributed by atoms with E-state index in [9.17, 15) is 4.79 Å². The lowest BCUT2D eigenvalue weighted by atomic mass is 10.1. The van der Waals surface area contributed by atoms with E-state index in [2.05, 4.69) is 24.2 Å². The Morgan fingerprint density at radius 3 is 3.06 bits per heavy atom. The van der Waals surface area contributed by atoms with Crippen LogP contribution in [0.25, 0.3) is 0 Å². The van der Waals surface area contributed by atoms with E-state index in [4.69, 9.17) is 5.84 Å². The first-order valence-electron chi connectivity index (χ1n) is 6.50. The Hall–Kier alpha value is -0.910. The summed E-state index contributed by atoms with van der Waals surface area (Å²) in [5, 5.41) is 1.96.